The van der Waals surface area contributed by atoms with Crippen molar-refractivity contribution in [2.24, 2.45) is 0 Å². The molecule has 0 bridgehead atoms. The molecule has 1 rings (SSSR count). The Bertz CT molecular complexity index is 346. The van der Waals surface area contributed by atoms with Crippen LogP contribution in [-0.4, -0.2) is 0 Å². The van der Waals surface area contributed by atoms with Gasteiger partial charge in [-0.3, -0.25) is 0 Å². The fourth-order valence-corrected chi connectivity index (χ4v) is 3.90. The molecule has 0 heterocycles. The van der Waals surface area contributed by atoms with E-state index < -0.39 is 0 Å². The van der Waals surface area contributed by atoms with Crippen molar-refractivity contribution in [3.05, 3.63) is 35.6 Å². The van der Waals surface area contributed by atoms with Crippen LogP contribution >= 0.6 is 11.8 Å². The quantitative estimate of drug-likeness (QED) is 0.229. The number of benzene rings is 1. The molecule has 1 aromatic rings. The molecule has 1 aromatic carbocycles. The summed E-state index contributed by atoms with van der Waals surface area (Å²) in [6, 6.07) is 10.7. The van der Waals surface area contributed by atoms with Crippen LogP contribution in [0.15, 0.2) is 35.2 Å². The molecule has 0 aliphatic heterocycles. The molecule has 0 aliphatic rings. The maximum absolute atomic E-state index is 2.29. The molecule has 1 radical (unpaired) electrons. The molecular weight excluding hydrogens is 296 g/mol. The summed E-state index contributed by atoms with van der Waals surface area (Å²) in [6.07, 6.45) is 18.5. The van der Waals surface area contributed by atoms with E-state index in [0.29, 0.717) is 0 Å². The average Bonchev–Trinajstić information content (AvgIpc) is 2.57. The summed E-state index contributed by atoms with van der Waals surface area (Å²) in [5, 5.41) is 1.56. The second-order valence-electron chi connectivity index (χ2n) is 6.76. The first kappa shape index (κ1) is 20.6. The Morgan fingerprint density at radius 2 is 1.17 bits per heavy atom. The molecule has 23 heavy (non-hydrogen) atoms. The van der Waals surface area contributed by atoms with Gasteiger partial charge in [-0.1, -0.05) is 102 Å². The molecule has 0 amide bonds. The Kier molecular flexibility index (Phi) is 13.6. The zero-order chi connectivity index (χ0) is 16.6. The van der Waals surface area contributed by atoms with Gasteiger partial charge < -0.3 is 0 Å². The van der Waals surface area contributed by atoms with Gasteiger partial charge in [0.25, 0.3) is 0 Å². The zero-order valence-corrected chi connectivity index (χ0v) is 16.3. The van der Waals surface area contributed by atoms with Crippen molar-refractivity contribution in [2.75, 3.05) is 0 Å². The van der Waals surface area contributed by atoms with E-state index in [0.717, 1.165) is 0 Å². The van der Waals surface area contributed by atoms with E-state index in [1.165, 1.54) is 88.4 Å². The average molecular weight is 334 g/mol. The van der Waals surface area contributed by atoms with Crippen molar-refractivity contribution in [3.8, 4) is 0 Å². The van der Waals surface area contributed by atoms with Crippen molar-refractivity contribution in [1.82, 2.24) is 0 Å². The van der Waals surface area contributed by atoms with Gasteiger partial charge in [0.1, 0.15) is 0 Å². The highest BCUT2D eigenvalue weighted by Crippen LogP contribution is 2.32. The normalized spacial score (nSPS) is 11.3. The molecule has 0 atom stereocenters. The van der Waals surface area contributed by atoms with Crippen LogP contribution in [0.3, 0.4) is 0 Å². The van der Waals surface area contributed by atoms with Crippen LogP contribution in [-0.2, 0) is 0 Å². The summed E-state index contributed by atoms with van der Waals surface area (Å²) >= 11 is 1.94. The molecular formula is C22H37S. The summed E-state index contributed by atoms with van der Waals surface area (Å²) in [6.45, 7) is 4.58. The van der Waals surface area contributed by atoms with Gasteiger partial charge in [-0.25, -0.2) is 0 Å². The van der Waals surface area contributed by atoms with Crippen molar-refractivity contribution < 1.29 is 0 Å². The van der Waals surface area contributed by atoms with Crippen LogP contribution in [0.5, 0.6) is 0 Å². The highest BCUT2D eigenvalue weighted by Gasteiger charge is 2.04. The third kappa shape index (κ3) is 12.6. The van der Waals surface area contributed by atoms with Gasteiger partial charge in [0.15, 0.2) is 0 Å². The van der Waals surface area contributed by atoms with Gasteiger partial charge >= 0.3 is 0 Å². The Labute approximate surface area is 149 Å². The van der Waals surface area contributed by atoms with Crippen LogP contribution < -0.4 is 0 Å². The minimum Gasteiger partial charge on any atom is -0.118 e. The first-order chi connectivity index (χ1) is 11.3. The summed E-state index contributed by atoms with van der Waals surface area (Å²) in [5.74, 6) is 0. The summed E-state index contributed by atoms with van der Waals surface area (Å²) in [5.41, 5.74) is 0. The minimum absolute atomic E-state index is 1.27. The summed E-state index contributed by atoms with van der Waals surface area (Å²) in [4.78, 5) is 1.38. The summed E-state index contributed by atoms with van der Waals surface area (Å²) in [7, 11) is 0. The van der Waals surface area contributed by atoms with E-state index in [4.69, 9.17) is 0 Å². The van der Waals surface area contributed by atoms with Gasteiger partial charge in [0.05, 0.1) is 0 Å². The third-order valence-electron chi connectivity index (χ3n) is 4.42. The van der Waals surface area contributed by atoms with Gasteiger partial charge in [-0.15, -0.1) is 11.8 Å². The predicted molar refractivity (Wildman–Crippen MR) is 107 cm³/mol. The first-order valence-electron chi connectivity index (χ1n) is 9.88. The third-order valence-corrected chi connectivity index (χ3v) is 5.48. The van der Waals surface area contributed by atoms with Crippen LogP contribution in [0.1, 0.15) is 97.3 Å². The maximum Gasteiger partial charge on any atom is 0.0326 e. The van der Waals surface area contributed by atoms with E-state index in [1.54, 1.807) is 5.25 Å². The fraction of sp³-hybridized carbons (Fsp3) is 0.682. The molecule has 131 valence electrons. The smallest absolute Gasteiger partial charge is 0.0326 e. The number of hydrogen-bond acceptors (Lipinski definition) is 1. The molecule has 0 aromatic heterocycles. The molecule has 0 nitrogen and oxygen atoms in total. The Morgan fingerprint density at radius 1 is 0.696 bits per heavy atom. The van der Waals surface area contributed by atoms with Crippen molar-refractivity contribution in [3.63, 3.8) is 0 Å². The highest BCUT2D eigenvalue weighted by atomic mass is 32.2. The van der Waals surface area contributed by atoms with Gasteiger partial charge in [0, 0.05) is 10.1 Å². The Hall–Kier alpha value is -0.430. The van der Waals surface area contributed by atoms with Crippen LogP contribution in [0.25, 0.3) is 0 Å². The molecule has 0 spiro atoms. The van der Waals surface area contributed by atoms with Gasteiger partial charge in [0.2, 0.25) is 0 Å². The Balaban J connectivity index is 1.82. The molecule has 0 N–H and O–H groups in total. The van der Waals surface area contributed by atoms with Crippen LogP contribution in [0, 0.1) is 5.25 Å². The zero-order valence-electron chi connectivity index (χ0n) is 15.5. The SMILES string of the molecule is CCCCCCCCCCCCCC[C](C)Sc1ccccc1. The fourth-order valence-electron chi connectivity index (χ4n) is 2.96. The lowest BCUT2D eigenvalue weighted by molar-refractivity contribution is 0.543. The van der Waals surface area contributed by atoms with E-state index in [-0.39, 0.29) is 0 Å². The number of rotatable bonds is 15. The number of unbranched alkanes of at least 4 members (excludes halogenated alkanes) is 11. The molecule has 0 aliphatic carbocycles. The van der Waals surface area contributed by atoms with Gasteiger partial charge in [-0.05, 0) is 25.5 Å². The lowest BCUT2D eigenvalue weighted by Gasteiger charge is -2.10. The largest absolute Gasteiger partial charge is 0.118 e. The molecule has 0 fully saturated rings. The van der Waals surface area contributed by atoms with Crippen molar-refractivity contribution >= 4 is 11.8 Å². The first-order valence-corrected chi connectivity index (χ1v) is 10.7. The van der Waals surface area contributed by atoms with Gasteiger partial charge in [-0.2, -0.15) is 0 Å². The molecule has 0 unspecified atom stereocenters. The van der Waals surface area contributed by atoms with E-state index in [2.05, 4.69) is 44.2 Å². The van der Waals surface area contributed by atoms with Crippen LogP contribution in [0.4, 0.5) is 0 Å². The molecule has 0 saturated heterocycles. The van der Waals surface area contributed by atoms with E-state index in [1.807, 2.05) is 11.8 Å². The molecule has 0 saturated carbocycles. The van der Waals surface area contributed by atoms with E-state index in [9.17, 15) is 0 Å². The topological polar surface area (TPSA) is 0 Å². The van der Waals surface area contributed by atoms with Crippen molar-refractivity contribution in [1.29, 1.82) is 0 Å². The molecule has 1 heteroatoms. The van der Waals surface area contributed by atoms with E-state index >= 15 is 0 Å². The number of thioether (sulfide) groups is 1. The Morgan fingerprint density at radius 3 is 1.70 bits per heavy atom. The second-order valence-corrected chi connectivity index (χ2v) is 8.13. The van der Waals surface area contributed by atoms with Crippen molar-refractivity contribution in [2.45, 2.75) is 102 Å². The number of hydrogen-bond donors (Lipinski definition) is 0. The second kappa shape index (κ2) is 15.1. The lowest BCUT2D eigenvalue weighted by Crippen LogP contribution is -1.87. The maximum atomic E-state index is 2.29. The lowest BCUT2D eigenvalue weighted by atomic mass is 10.0. The standard InChI is InChI=1S/C22H37S/c1-3-4-5-6-7-8-9-10-11-12-13-15-18-21(2)23-22-19-16-14-17-20-22/h14,16-17,19-20H,3-13,15,18H2,1-2H3. The van der Waals surface area contributed by atoms with Crippen LogP contribution in [0.2, 0.25) is 0 Å². The summed E-state index contributed by atoms with van der Waals surface area (Å²) < 4.78 is 0. The monoisotopic (exact) mass is 333 g/mol. The predicted octanol–water partition coefficient (Wildman–Crippen LogP) is 8.42. The minimum atomic E-state index is 1.27. The highest BCUT2D eigenvalue weighted by molar-refractivity contribution is 8.02.